The minimum Gasteiger partial charge on any atom is -0.409 e. The molecular formula is C30H32BrCl2FN2O3Si. The minimum absolute atomic E-state index is 0.0110. The number of halogens is 4. The van der Waals surface area contributed by atoms with Crippen LogP contribution in [0.15, 0.2) is 59.2 Å². The Morgan fingerprint density at radius 2 is 1.73 bits per heavy atom. The molecule has 2 aliphatic rings. The fourth-order valence-electron chi connectivity index (χ4n) is 4.91. The molecule has 5 nitrogen and oxygen atoms in total. The number of hydrogen-bond donors (Lipinski definition) is 0. The van der Waals surface area contributed by atoms with Crippen molar-refractivity contribution in [3.8, 4) is 0 Å². The van der Waals surface area contributed by atoms with Gasteiger partial charge in [-0.15, -0.1) is 0 Å². The van der Waals surface area contributed by atoms with Crippen molar-refractivity contribution in [1.29, 1.82) is 0 Å². The van der Waals surface area contributed by atoms with Gasteiger partial charge in [0.2, 0.25) is 0 Å². The number of fused-ring (bicyclic) bond motifs is 1. The average molecular weight is 666 g/mol. The van der Waals surface area contributed by atoms with Gasteiger partial charge >= 0.3 is 0 Å². The third-order valence-corrected chi connectivity index (χ3v) is 13.7. The monoisotopic (exact) mass is 664 g/mol. The van der Waals surface area contributed by atoms with Crippen molar-refractivity contribution in [1.82, 2.24) is 9.88 Å². The summed E-state index contributed by atoms with van der Waals surface area (Å²) in [6.45, 7) is 11.3. The maximum atomic E-state index is 16.0. The fourth-order valence-corrected chi connectivity index (χ4v) is 7.23. The van der Waals surface area contributed by atoms with Crippen LogP contribution in [0.1, 0.15) is 60.8 Å². The predicted molar refractivity (Wildman–Crippen MR) is 162 cm³/mol. The lowest BCUT2D eigenvalue weighted by atomic mass is 9.92. The average Bonchev–Trinajstić information content (AvgIpc) is 3.58. The molecule has 2 heterocycles. The normalized spacial score (nSPS) is 20.1. The highest BCUT2D eigenvalue weighted by Gasteiger charge is 2.58. The molecule has 0 N–H and O–H groups in total. The van der Waals surface area contributed by atoms with Crippen molar-refractivity contribution >= 4 is 53.4 Å². The Bertz CT molecular complexity index is 1440. The summed E-state index contributed by atoms with van der Waals surface area (Å²) in [6, 6.07) is 13.5. The van der Waals surface area contributed by atoms with E-state index in [2.05, 4.69) is 54.8 Å². The quantitative estimate of drug-likeness (QED) is 0.226. The van der Waals surface area contributed by atoms with Gasteiger partial charge in [0.25, 0.3) is 5.91 Å². The molecule has 0 spiro atoms. The standard InChI is InChI=1S/C30H32BrCl2FN2O3Si/c1-28(2,3)40(4,5)39-29(12-13-29)18-38-30(19-6-8-21(32)9-7-19)26-24(14-20(31)15-25(26)34)27(37)36(30)17-23-11-10-22(33)16-35-23/h6-11,14-16H,12-13,17-18H2,1-5H3. The van der Waals surface area contributed by atoms with Gasteiger partial charge in [-0.05, 0) is 67.4 Å². The summed E-state index contributed by atoms with van der Waals surface area (Å²) >= 11 is 15.7. The molecule has 1 amide bonds. The van der Waals surface area contributed by atoms with E-state index in [-0.39, 0.29) is 35.2 Å². The van der Waals surface area contributed by atoms with Gasteiger partial charge in [-0.1, -0.05) is 72.0 Å². The van der Waals surface area contributed by atoms with Crippen LogP contribution in [-0.4, -0.2) is 36.3 Å². The van der Waals surface area contributed by atoms with E-state index in [1.807, 2.05) is 0 Å². The highest BCUT2D eigenvalue weighted by Crippen LogP contribution is 2.52. The summed E-state index contributed by atoms with van der Waals surface area (Å²) in [7, 11) is -2.13. The topological polar surface area (TPSA) is 51.7 Å². The van der Waals surface area contributed by atoms with Crippen molar-refractivity contribution < 1.29 is 18.3 Å². The highest BCUT2D eigenvalue weighted by molar-refractivity contribution is 9.10. The molecule has 5 rings (SSSR count). The minimum atomic E-state index is -2.13. The maximum absolute atomic E-state index is 16.0. The van der Waals surface area contributed by atoms with E-state index in [0.717, 1.165) is 12.8 Å². The van der Waals surface area contributed by atoms with E-state index in [1.165, 1.54) is 12.3 Å². The number of benzene rings is 2. The van der Waals surface area contributed by atoms with E-state index in [9.17, 15) is 4.79 Å². The van der Waals surface area contributed by atoms with Gasteiger partial charge in [-0.3, -0.25) is 14.7 Å². The van der Waals surface area contributed by atoms with Crippen molar-refractivity contribution in [3.63, 3.8) is 0 Å². The van der Waals surface area contributed by atoms with Crippen molar-refractivity contribution in [2.75, 3.05) is 6.61 Å². The Morgan fingerprint density at radius 3 is 2.30 bits per heavy atom. The summed E-state index contributed by atoms with van der Waals surface area (Å²) in [6.07, 6.45) is 3.19. The summed E-state index contributed by atoms with van der Waals surface area (Å²) in [5.41, 5.74) is -0.501. The molecule has 3 aromatic rings. The Hall–Kier alpha value is -1.81. The van der Waals surface area contributed by atoms with Crippen LogP contribution in [0.5, 0.6) is 0 Å². The van der Waals surface area contributed by atoms with Crippen LogP contribution in [0.3, 0.4) is 0 Å². The molecule has 1 saturated carbocycles. The first-order chi connectivity index (χ1) is 18.7. The van der Waals surface area contributed by atoms with Gasteiger partial charge < -0.3 is 9.16 Å². The van der Waals surface area contributed by atoms with E-state index in [1.54, 1.807) is 47.4 Å². The zero-order valence-electron chi connectivity index (χ0n) is 23.2. The molecule has 0 radical (unpaired) electrons. The van der Waals surface area contributed by atoms with Gasteiger partial charge in [-0.2, -0.15) is 0 Å². The molecule has 1 atom stereocenters. The second-order valence-corrected chi connectivity index (χ2v) is 18.7. The van der Waals surface area contributed by atoms with Crippen molar-refractivity contribution in [3.05, 3.63) is 97.4 Å². The lowest BCUT2D eigenvalue weighted by molar-refractivity contribution is -0.137. The van der Waals surface area contributed by atoms with Crippen LogP contribution in [-0.2, 0) is 21.4 Å². The smallest absolute Gasteiger partial charge is 0.257 e. The number of hydrogen-bond acceptors (Lipinski definition) is 4. The van der Waals surface area contributed by atoms with Crippen LogP contribution < -0.4 is 0 Å². The number of carbonyl (C=O) groups excluding carboxylic acids is 1. The second-order valence-electron chi connectivity index (χ2n) is 12.2. The summed E-state index contributed by atoms with van der Waals surface area (Å²) in [4.78, 5) is 20.1. The van der Waals surface area contributed by atoms with E-state index in [0.29, 0.717) is 25.8 Å². The summed E-state index contributed by atoms with van der Waals surface area (Å²) in [5, 5.41) is 1.01. The van der Waals surface area contributed by atoms with Gasteiger partial charge in [0.05, 0.1) is 40.6 Å². The van der Waals surface area contributed by atoms with Crippen molar-refractivity contribution in [2.24, 2.45) is 0 Å². The number of carbonyl (C=O) groups is 1. The Balaban J connectivity index is 1.64. The molecule has 1 aromatic heterocycles. The summed E-state index contributed by atoms with van der Waals surface area (Å²) in [5.74, 6) is -0.911. The Labute approximate surface area is 254 Å². The molecule has 2 aromatic carbocycles. The molecule has 0 saturated heterocycles. The largest absolute Gasteiger partial charge is 0.409 e. The van der Waals surface area contributed by atoms with Crippen LogP contribution in [0.2, 0.25) is 28.2 Å². The predicted octanol–water partition coefficient (Wildman–Crippen LogP) is 8.72. The number of amides is 1. The lowest BCUT2D eigenvalue weighted by Gasteiger charge is -2.43. The molecule has 1 aliphatic heterocycles. The van der Waals surface area contributed by atoms with Crippen LogP contribution in [0.4, 0.5) is 4.39 Å². The van der Waals surface area contributed by atoms with Crippen LogP contribution in [0, 0.1) is 5.82 Å². The first-order valence-electron chi connectivity index (χ1n) is 13.2. The van der Waals surface area contributed by atoms with Gasteiger partial charge in [0.15, 0.2) is 14.0 Å². The number of rotatable bonds is 8. The van der Waals surface area contributed by atoms with Crippen LogP contribution in [0.25, 0.3) is 0 Å². The highest BCUT2D eigenvalue weighted by atomic mass is 79.9. The third kappa shape index (κ3) is 5.39. The molecule has 0 bridgehead atoms. The molecule has 1 aliphatic carbocycles. The molecule has 40 heavy (non-hydrogen) atoms. The van der Waals surface area contributed by atoms with E-state index < -0.39 is 25.5 Å². The molecule has 1 unspecified atom stereocenters. The first-order valence-corrected chi connectivity index (χ1v) is 17.7. The van der Waals surface area contributed by atoms with E-state index >= 15 is 4.39 Å². The van der Waals surface area contributed by atoms with Gasteiger partial charge in [0.1, 0.15) is 5.82 Å². The molecular weight excluding hydrogens is 634 g/mol. The molecule has 1 fully saturated rings. The maximum Gasteiger partial charge on any atom is 0.257 e. The fraction of sp³-hybridized carbons (Fsp3) is 0.400. The summed E-state index contributed by atoms with van der Waals surface area (Å²) < 4.78 is 30.2. The Kier molecular flexibility index (Phi) is 7.77. The first kappa shape index (κ1) is 29.7. The molecule has 212 valence electrons. The van der Waals surface area contributed by atoms with Gasteiger partial charge in [-0.25, -0.2) is 4.39 Å². The number of nitrogens with zero attached hydrogens (tertiary/aromatic N) is 2. The number of aromatic nitrogens is 1. The second kappa shape index (κ2) is 10.5. The Morgan fingerprint density at radius 1 is 1.07 bits per heavy atom. The SMILES string of the molecule is CC(C)(C)[Si](C)(C)OC1(COC2(c3ccc(Cl)cc3)c3c(F)cc(Br)cc3C(=O)N2Cc2ccc(Cl)cn2)CC1. The zero-order valence-corrected chi connectivity index (χ0v) is 27.3. The number of pyridine rings is 1. The van der Waals surface area contributed by atoms with Crippen LogP contribution >= 0.6 is 39.1 Å². The number of ether oxygens (including phenoxy) is 1. The van der Waals surface area contributed by atoms with E-state index in [4.69, 9.17) is 32.4 Å². The lowest BCUT2D eigenvalue weighted by Crippen LogP contribution is -2.50. The zero-order chi connectivity index (χ0) is 29.1. The molecule has 10 heteroatoms. The third-order valence-electron chi connectivity index (χ3n) is 8.22. The van der Waals surface area contributed by atoms with Crippen molar-refractivity contribution in [2.45, 2.75) is 69.6 Å². The van der Waals surface area contributed by atoms with Gasteiger partial charge in [0, 0.05) is 21.3 Å².